The number of rotatable bonds is 8. The fraction of sp³-hybridized carbons (Fsp3) is 0.682. The number of likely N-dealkylation sites (N-methyl/N-ethyl adjacent to an activating group) is 1. The van der Waals surface area contributed by atoms with Crippen molar-refractivity contribution in [2.75, 3.05) is 19.9 Å². The van der Waals surface area contributed by atoms with Gasteiger partial charge < -0.3 is 15.4 Å². The monoisotopic (exact) mass is 422 g/mol. The molecule has 29 heavy (non-hydrogen) atoms. The van der Waals surface area contributed by atoms with Gasteiger partial charge in [0.15, 0.2) is 9.84 Å². The van der Waals surface area contributed by atoms with E-state index in [2.05, 4.69) is 0 Å². The van der Waals surface area contributed by atoms with Crippen molar-refractivity contribution in [3.05, 3.63) is 29.8 Å². The van der Waals surface area contributed by atoms with Gasteiger partial charge in [0.1, 0.15) is 5.75 Å². The summed E-state index contributed by atoms with van der Waals surface area (Å²) in [6.45, 7) is 0.642. The molecule has 0 aromatic heterocycles. The van der Waals surface area contributed by atoms with Crippen molar-refractivity contribution < 1.29 is 17.9 Å². The van der Waals surface area contributed by atoms with Gasteiger partial charge in [0.25, 0.3) is 0 Å². The third kappa shape index (κ3) is 6.19. The first-order valence-electron chi connectivity index (χ1n) is 10.6. The summed E-state index contributed by atoms with van der Waals surface area (Å²) in [6, 6.07) is 7.27. The number of carbonyl (C=O) groups excluding carboxylic acids is 1. The minimum atomic E-state index is -3.02. The number of amides is 1. The van der Waals surface area contributed by atoms with Crippen molar-refractivity contribution in [1.82, 2.24) is 4.90 Å². The maximum absolute atomic E-state index is 12.6. The summed E-state index contributed by atoms with van der Waals surface area (Å²) in [5.41, 5.74) is 7.08. The summed E-state index contributed by atoms with van der Waals surface area (Å²) in [7, 11) is -1.13. The Kier molecular flexibility index (Phi) is 7.22. The molecule has 2 saturated carbocycles. The van der Waals surface area contributed by atoms with Crippen LogP contribution in [0.4, 0.5) is 0 Å². The average molecular weight is 423 g/mol. The molecule has 6 nitrogen and oxygen atoms in total. The lowest BCUT2D eigenvalue weighted by Crippen LogP contribution is -2.52. The molecule has 3 rings (SSSR count). The molecule has 0 spiro atoms. The van der Waals surface area contributed by atoms with Crippen molar-refractivity contribution in [3.8, 4) is 5.75 Å². The highest BCUT2D eigenvalue weighted by molar-refractivity contribution is 7.89. The van der Waals surface area contributed by atoms with Crippen molar-refractivity contribution in [1.29, 1.82) is 0 Å². The zero-order valence-corrected chi connectivity index (χ0v) is 18.4. The van der Waals surface area contributed by atoms with Crippen LogP contribution in [0, 0.1) is 11.8 Å². The predicted octanol–water partition coefficient (Wildman–Crippen LogP) is 2.75. The Balaban J connectivity index is 1.41. The van der Waals surface area contributed by atoms with E-state index >= 15 is 0 Å². The zero-order valence-electron chi connectivity index (χ0n) is 17.5. The molecule has 0 saturated heterocycles. The van der Waals surface area contributed by atoms with Crippen molar-refractivity contribution >= 4 is 15.7 Å². The quantitative estimate of drug-likeness (QED) is 0.696. The third-order valence-electron chi connectivity index (χ3n) is 6.49. The number of benzene rings is 1. The molecule has 1 aromatic carbocycles. The van der Waals surface area contributed by atoms with Gasteiger partial charge in [-0.25, -0.2) is 8.42 Å². The van der Waals surface area contributed by atoms with Crippen LogP contribution in [0.5, 0.6) is 5.75 Å². The smallest absolute Gasteiger partial charge is 0.239 e. The molecule has 7 heteroatoms. The van der Waals surface area contributed by atoms with E-state index in [0.29, 0.717) is 18.6 Å². The molecule has 0 aliphatic heterocycles. The van der Waals surface area contributed by atoms with Crippen LogP contribution < -0.4 is 10.5 Å². The molecule has 2 aliphatic carbocycles. The summed E-state index contributed by atoms with van der Waals surface area (Å²) < 4.78 is 28.6. The molecule has 1 amide bonds. The molecule has 2 aliphatic rings. The molecule has 0 bridgehead atoms. The lowest BCUT2D eigenvalue weighted by atomic mass is 9.78. The summed E-state index contributed by atoms with van der Waals surface area (Å²) in [6.07, 6.45) is 8.62. The number of ether oxygens (including phenoxy) is 1. The maximum atomic E-state index is 12.6. The van der Waals surface area contributed by atoms with Crippen molar-refractivity contribution in [3.63, 3.8) is 0 Å². The normalized spacial score (nSPS) is 23.8. The van der Waals surface area contributed by atoms with Crippen LogP contribution in [0.25, 0.3) is 0 Å². The first kappa shape index (κ1) is 22.1. The standard InChI is InChI=1S/C22H34N2O4S/c1-24(19-4-3-5-19)22(25)21(23)18-10-6-16(7-11-18)14-28-20-12-8-17(9-13-20)15-29(2,26)27/h8-9,12-13,16,18-19,21H,3-7,10-11,14-15,23H2,1-2H3/t16?,18?,21-/m0/s1. The van der Waals surface area contributed by atoms with Gasteiger partial charge in [0.05, 0.1) is 18.4 Å². The van der Waals surface area contributed by atoms with Gasteiger partial charge in [-0.2, -0.15) is 0 Å². The zero-order chi connectivity index (χ0) is 21.0. The Morgan fingerprint density at radius 2 is 1.76 bits per heavy atom. The van der Waals surface area contributed by atoms with Gasteiger partial charge in [0, 0.05) is 19.3 Å². The van der Waals surface area contributed by atoms with Crippen LogP contribution in [-0.2, 0) is 20.4 Å². The second kappa shape index (κ2) is 9.47. The van der Waals surface area contributed by atoms with Gasteiger partial charge in [-0.3, -0.25) is 4.79 Å². The lowest BCUT2D eigenvalue weighted by molar-refractivity contribution is -0.136. The number of nitrogens with zero attached hydrogens (tertiary/aromatic N) is 1. The number of nitrogens with two attached hydrogens (primary N) is 1. The van der Waals surface area contributed by atoms with Crippen LogP contribution in [0.2, 0.25) is 0 Å². The first-order valence-corrected chi connectivity index (χ1v) is 12.7. The molecule has 1 atom stereocenters. The maximum Gasteiger partial charge on any atom is 0.239 e. The summed E-state index contributed by atoms with van der Waals surface area (Å²) >= 11 is 0. The molecule has 0 unspecified atom stereocenters. The second-order valence-electron chi connectivity index (χ2n) is 8.87. The Morgan fingerprint density at radius 1 is 1.14 bits per heavy atom. The van der Waals surface area contributed by atoms with E-state index in [1.54, 1.807) is 12.1 Å². The van der Waals surface area contributed by atoms with Gasteiger partial charge in [-0.1, -0.05) is 12.1 Å². The molecule has 1 aromatic rings. The minimum Gasteiger partial charge on any atom is -0.493 e. The SMILES string of the molecule is CN(C(=O)[C@@H](N)C1CCC(COc2ccc(CS(C)(=O)=O)cc2)CC1)C1CCC1. The minimum absolute atomic E-state index is 0.0478. The van der Waals surface area contributed by atoms with Crippen molar-refractivity contribution in [2.45, 2.75) is 62.8 Å². The van der Waals surface area contributed by atoms with E-state index in [4.69, 9.17) is 10.5 Å². The third-order valence-corrected chi connectivity index (χ3v) is 7.35. The predicted molar refractivity (Wildman–Crippen MR) is 114 cm³/mol. The van der Waals surface area contributed by atoms with Gasteiger partial charge in [-0.15, -0.1) is 0 Å². The highest BCUT2D eigenvalue weighted by Crippen LogP contribution is 2.32. The van der Waals surface area contributed by atoms with E-state index in [1.807, 2.05) is 24.1 Å². The highest BCUT2D eigenvalue weighted by atomic mass is 32.2. The molecule has 162 valence electrons. The molecular weight excluding hydrogens is 388 g/mol. The number of sulfone groups is 1. The topological polar surface area (TPSA) is 89.7 Å². The van der Waals surface area contributed by atoms with Crippen LogP contribution >= 0.6 is 0 Å². The first-order chi connectivity index (χ1) is 13.7. The largest absolute Gasteiger partial charge is 0.493 e. The van der Waals surface area contributed by atoms with Crippen LogP contribution in [0.1, 0.15) is 50.5 Å². The van der Waals surface area contributed by atoms with Crippen LogP contribution in [0.3, 0.4) is 0 Å². The van der Waals surface area contributed by atoms with Gasteiger partial charge in [-0.05, 0) is 74.5 Å². The number of hydrogen-bond acceptors (Lipinski definition) is 5. The number of hydrogen-bond donors (Lipinski definition) is 1. The summed E-state index contributed by atoms with van der Waals surface area (Å²) in [5.74, 6) is 1.64. The molecule has 0 heterocycles. The van der Waals surface area contributed by atoms with Crippen molar-refractivity contribution in [2.24, 2.45) is 17.6 Å². The Labute approximate surface area is 174 Å². The van der Waals surface area contributed by atoms with Gasteiger partial charge >= 0.3 is 0 Å². The Bertz CT molecular complexity index is 782. The van der Waals surface area contributed by atoms with E-state index in [1.165, 1.54) is 12.7 Å². The van der Waals surface area contributed by atoms with Crippen LogP contribution in [-0.4, -0.2) is 51.2 Å². The second-order valence-corrected chi connectivity index (χ2v) is 11.0. The van der Waals surface area contributed by atoms with E-state index in [9.17, 15) is 13.2 Å². The molecule has 2 fully saturated rings. The fourth-order valence-corrected chi connectivity index (χ4v) is 5.10. The number of carbonyl (C=O) groups is 1. The highest BCUT2D eigenvalue weighted by Gasteiger charge is 2.34. The Morgan fingerprint density at radius 3 is 2.28 bits per heavy atom. The molecule has 2 N–H and O–H groups in total. The molecule has 0 radical (unpaired) electrons. The van der Waals surface area contributed by atoms with E-state index < -0.39 is 9.84 Å². The fourth-order valence-electron chi connectivity index (χ4n) is 4.30. The lowest BCUT2D eigenvalue weighted by Gasteiger charge is -2.38. The summed E-state index contributed by atoms with van der Waals surface area (Å²) in [5, 5.41) is 0. The molecular formula is C22H34N2O4S. The van der Waals surface area contributed by atoms with E-state index in [-0.39, 0.29) is 23.6 Å². The Hall–Kier alpha value is -1.60. The summed E-state index contributed by atoms with van der Waals surface area (Å²) in [4.78, 5) is 14.5. The van der Waals surface area contributed by atoms with Crippen LogP contribution in [0.15, 0.2) is 24.3 Å². The van der Waals surface area contributed by atoms with E-state index in [0.717, 1.165) is 49.8 Å². The van der Waals surface area contributed by atoms with Gasteiger partial charge in [0.2, 0.25) is 5.91 Å². The average Bonchev–Trinajstić information content (AvgIpc) is 2.64.